The zero-order valence-corrected chi connectivity index (χ0v) is 14.1. The normalized spacial score (nSPS) is 12.0. The Hall–Kier alpha value is -2.49. The van der Waals surface area contributed by atoms with E-state index in [1.165, 1.54) is 0 Å². The van der Waals surface area contributed by atoms with Crippen LogP contribution in [0.15, 0.2) is 47.3 Å². The Bertz CT molecular complexity index is 926. The molecule has 0 radical (unpaired) electrons. The largest absolute Gasteiger partial charge is 0.398 e. The summed E-state index contributed by atoms with van der Waals surface area (Å²) in [5.74, 6) is 0. The minimum Gasteiger partial charge on any atom is -0.398 e. The molecule has 0 bridgehead atoms. The first-order valence-corrected chi connectivity index (χ1v) is 7.82. The smallest absolute Gasteiger partial charge is 0.328 e. The van der Waals surface area contributed by atoms with Crippen molar-refractivity contribution in [2.75, 3.05) is 5.73 Å². The minimum absolute atomic E-state index is 0.0214. The molecule has 4 nitrogen and oxygen atoms in total. The van der Waals surface area contributed by atoms with Crippen LogP contribution in [0.3, 0.4) is 0 Å². The molecule has 1 aromatic heterocycles. The molecule has 3 rings (SSSR count). The summed E-state index contributed by atoms with van der Waals surface area (Å²) in [4.78, 5) is 12.6. The zero-order chi connectivity index (χ0) is 16.8. The quantitative estimate of drug-likeness (QED) is 0.735. The van der Waals surface area contributed by atoms with Gasteiger partial charge in [0.25, 0.3) is 0 Å². The molecule has 0 aliphatic heterocycles. The van der Waals surface area contributed by atoms with Crippen molar-refractivity contribution in [2.45, 2.75) is 27.3 Å². The van der Waals surface area contributed by atoms with Crippen LogP contribution in [0.1, 0.15) is 20.8 Å². The van der Waals surface area contributed by atoms with E-state index in [-0.39, 0.29) is 11.1 Å². The first-order chi connectivity index (χ1) is 10.8. The molecule has 0 unspecified atom stereocenters. The molecule has 0 spiro atoms. The van der Waals surface area contributed by atoms with Gasteiger partial charge in [0, 0.05) is 24.8 Å². The Labute approximate surface area is 136 Å². The van der Waals surface area contributed by atoms with Crippen molar-refractivity contribution in [1.82, 2.24) is 9.13 Å². The number of rotatable bonds is 2. The van der Waals surface area contributed by atoms with Gasteiger partial charge in [-0.2, -0.15) is 0 Å². The number of benzene rings is 2. The van der Waals surface area contributed by atoms with E-state index in [0.29, 0.717) is 6.54 Å². The van der Waals surface area contributed by atoms with Gasteiger partial charge >= 0.3 is 5.69 Å². The molecule has 3 aromatic rings. The number of aryl methyl sites for hydroxylation is 1. The van der Waals surface area contributed by atoms with Crippen molar-refractivity contribution in [3.8, 4) is 11.1 Å². The number of imidazole rings is 1. The maximum atomic E-state index is 12.6. The molecule has 0 atom stereocenters. The standard InChI is InChI=1S/C19H23N3O/c1-19(2,3)12-22-16-10-9-13(11-17(16)21(4)18(22)23)14-7-5-6-8-15(14)20/h5-11H,12,20H2,1-4H3. The second kappa shape index (κ2) is 5.30. The number of nitrogens with zero attached hydrogens (tertiary/aromatic N) is 2. The average molecular weight is 309 g/mol. The fourth-order valence-electron chi connectivity index (χ4n) is 2.96. The SMILES string of the molecule is Cn1c(=O)n(CC(C)(C)C)c2ccc(-c3ccccc3N)cc21. The summed E-state index contributed by atoms with van der Waals surface area (Å²) in [6.45, 7) is 7.10. The number of fused-ring (bicyclic) bond motifs is 1. The molecule has 0 aliphatic carbocycles. The number of hydrogen-bond donors (Lipinski definition) is 1. The summed E-state index contributed by atoms with van der Waals surface area (Å²) in [5.41, 5.74) is 10.8. The Morgan fingerprint density at radius 2 is 1.74 bits per heavy atom. The minimum atomic E-state index is 0.0214. The Morgan fingerprint density at radius 1 is 1.04 bits per heavy atom. The molecule has 23 heavy (non-hydrogen) atoms. The highest BCUT2D eigenvalue weighted by molar-refractivity contribution is 5.86. The summed E-state index contributed by atoms with van der Waals surface area (Å²) < 4.78 is 3.57. The molecule has 2 N–H and O–H groups in total. The fourth-order valence-corrected chi connectivity index (χ4v) is 2.96. The molecule has 0 amide bonds. The lowest BCUT2D eigenvalue weighted by molar-refractivity contribution is 0.342. The van der Waals surface area contributed by atoms with Gasteiger partial charge in [-0.3, -0.25) is 9.13 Å². The summed E-state index contributed by atoms with van der Waals surface area (Å²) in [7, 11) is 1.82. The van der Waals surface area contributed by atoms with Crippen molar-refractivity contribution < 1.29 is 0 Å². The highest BCUT2D eigenvalue weighted by atomic mass is 16.1. The molecule has 120 valence electrons. The van der Waals surface area contributed by atoms with E-state index in [4.69, 9.17) is 5.73 Å². The number of hydrogen-bond acceptors (Lipinski definition) is 2. The first-order valence-electron chi connectivity index (χ1n) is 7.82. The maximum absolute atomic E-state index is 12.6. The van der Waals surface area contributed by atoms with E-state index >= 15 is 0 Å². The molecule has 0 saturated heterocycles. The molecular weight excluding hydrogens is 286 g/mol. The summed E-state index contributed by atoms with van der Waals surface area (Å²) >= 11 is 0. The van der Waals surface area contributed by atoms with Crippen molar-refractivity contribution in [2.24, 2.45) is 12.5 Å². The Kier molecular flexibility index (Phi) is 3.55. The lowest BCUT2D eigenvalue weighted by Gasteiger charge is -2.18. The molecule has 0 fully saturated rings. The van der Waals surface area contributed by atoms with Crippen LogP contribution in [-0.4, -0.2) is 9.13 Å². The molecule has 2 aromatic carbocycles. The molecule has 1 heterocycles. The topological polar surface area (TPSA) is 53.0 Å². The van der Waals surface area contributed by atoms with E-state index in [0.717, 1.165) is 27.8 Å². The zero-order valence-electron chi connectivity index (χ0n) is 14.1. The van der Waals surface area contributed by atoms with Crippen LogP contribution in [0.2, 0.25) is 0 Å². The van der Waals surface area contributed by atoms with E-state index in [1.807, 2.05) is 54.1 Å². The molecular formula is C19H23N3O. The van der Waals surface area contributed by atoms with Gasteiger partial charge in [-0.1, -0.05) is 45.0 Å². The first kappa shape index (κ1) is 15.4. The lowest BCUT2D eigenvalue weighted by Crippen LogP contribution is -2.27. The van der Waals surface area contributed by atoms with Gasteiger partial charge in [-0.25, -0.2) is 4.79 Å². The van der Waals surface area contributed by atoms with Crippen LogP contribution in [0, 0.1) is 5.41 Å². The van der Waals surface area contributed by atoms with Gasteiger partial charge in [0.05, 0.1) is 11.0 Å². The van der Waals surface area contributed by atoms with Gasteiger partial charge in [-0.05, 0) is 29.2 Å². The number of para-hydroxylation sites is 1. The highest BCUT2D eigenvalue weighted by Gasteiger charge is 2.18. The predicted molar refractivity (Wildman–Crippen MR) is 96.5 cm³/mol. The van der Waals surface area contributed by atoms with Gasteiger partial charge in [0.15, 0.2) is 0 Å². The third-order valence-electron chi connectivity index (χ3n) is 4.05. The third-order valence-corrected chi connectivity index (χ3v) is 4.05. The summed E-state index contributed by atoms with van der Waals surface area (Å²) in [5, 5.41) is 0. The number of aromatic nitrogens is 2. The maximum Gasteiger partial charge on any atom is 0.328 e. The van der Waals surface area contributed by atoms with Crippen LogP contribution >= 0.6 is 0 Å². The third kappa shape index (κ3) is 2.77. The lowest BCUT2D eigenvalue weighted by atomic mass is 9.97. The molecule has 4 heteroatoms. The van der Waals surface area contributed by atoms with Crippen LogP contribution in [-0.2, 0) is 13.6 Å². The number of nitrogens with two attached hydrogens (primary N) is 1. The van der Waals surface area contributed by atoms with Crippen molar-refractivity contribution in [1.29, 1.82) is 0 Å². The monoisotopic (exact) mass is 309 g/mol. The van der Waals surface area contributed by atoms with E-state index in [2.05, 4.69) is 20.8 Å². The van der Waals surface area contributed by atoms with E-state index in [1.54, 1.807) is 4.57 Å². The van der Waals surface area contributed by atoms with Crippen LogP contribution in [0.25, 0.3) is 22.2 Å². The van der Waals surface area contributed by atoms with Crippen molar-refractivity contribution in [3.05, 3.63) is 52.9 Å². The summed E-state index contributed by atoms with van der Waals surface area (Å²) in [6, 6.07) is 13.9. The molecule has 0 aliphatic rings. The Morgan fingerprint density at radius 3 is 2.39 bits per heavy atom. The fraction of sp³-hybridized carbons (Fsp3) is 0.316. The second-order valence-corrected chi connectivity index (χ2v) is 7.28. The van der Waals surface area contributed by atoms with Crippen molar-refractivity contribution in [3.63, 3.8) is 0 Å². The van der Waals surface area contributed by atoms with Gasteiger partial charge in [0.1, 0.15) is 0 Å². The van der Waals surface area contributed by atoms with Gasteiger partial charge < -0.3 is 5.73 Å². The Balaban J connectivity index is 2.21. The average Bonchev–Trinajstić information content (AvgIpc) is 2.71. The summed E-state index contributed by atoms with van der Waals surface area (Å²) in [6.07, 6.45) is 0. The number of anilines is 1. The van der Waals surface area contributed by atoms with Gasteiger partial charge in [0.2, 0.25) is 0 Å². The highest BCUT2D eigenvalue weighted by Crippen LogP contribution is 2.29. The van der Waals surface area contributed by atoms with Crippen LogP contribution in [0.4, 0.5) is 5.69 Å². The van der Waals surface area contributed by atoms with Gasteiger partial charge in [-0.15, -0.1) is 0 Å². The van der Waals surface area contributed by atoms with E-state index in [9.17, 15) is 4.79 Å². The van der Waals surface area contributed by atoms with Crippen LogP contribution < -0.4 is 11.4 Å². The molecule has 0 saturated carbocycles. The van der Waals surface area contributed by atoms with E-state index < -0.39 is 0 Å². The van der Waals surface area contributed by atoms with Crippen LogP contribution in [0.5, 0.6) is 0 Å². The predicted octanol–water partition coefficient (Wildman–Crippen LogP) is 3.64. The number of nitrogen functional groups attached to an aromatic ring is 1. The van der Waals surface area contributed by atoms with Crippen molar-refractivity contribution >= 4 is 16.7 Å². The second-order valence-electron chi connectivity index (χ2n) is 7.28.